The molecule has 0 aliphatic heterocycles. The van der Waals surface area contributed by atoms with Crippen molar-refractivity contribution < 1.29 is 13.2 Å². The third-order valence-corrected chi connectivity index (χ3v) is 3.92. The van der Waals surface area contributed by atoms with E-state index in [0.29, 0.717) is 11.7 Å². The Kier molecular flexibility index (Phi) is 5.02. The van der Waals surface area contributed by atoms with Crippen molar-refractivity contribution in [2.45, 2.75) is 63.7 Å². The van der Waals surface area contributed by atoms with Gasteiger partial charge in [-0.25, -0.2) is 0 Å². The van der Waals surface area contributed by atoms with E-state index in [-0.39, 0.29) is 6.04 Å². The number of aromatic nitrogens is 1. The third kappa shape index (κ3) is 3.95. The van der Waals surface area contributed by atoms with E-state index in [0.717, 1.165) is 31.5 Å². The molecule has 1 aliphatic carbocycles. The van der Waals surface area contributed by atoms with Crippen LogP contribution in [0.3, 0.4) is 0 Å². The lowest BCUT2D eigenvalue weighted by Crippen LogP contribution is -2.34. The van der Waals surface area contributed by atoms with Gasteiger partial charge < -0.3 is 5.32 Å². The van der Waals surface area contributed by atoms with Gasteiger partial charge in [0.25, 0.3) is 0 Å². The van der Waals surface area contributed by atoms with Gasteiger partial charge in [-0.2, -0.15) is 13.2 Å². The number of hydrogen-bond acceptors (Lipinski definition) is 2. The largest absolute Gasteiger partial charge is 0.417 e. The molecule has 1 aliphatic rings. The molecule has 0 amide bonds. The minimum atomic E-state index is -4.32. The van der Waals surface area contributed by atoms with E-state index in [2.05, 4.69) is 10.3 Å². The third-order valence-electron chi connectivity index (χ3n) is 3.92. The molecular weight excluding hydrogens is 265 g/mol. The van der Waals surface area contributed by atoms with Crippen molar-refractivity contribution >= 4 is 0 Å². The molecule has 0 bridgehead atoms. The minimum absolute atomic E-state index is 0.0420. The van der Waals surface area contributed by atoms with Crippen LogP contribution in [0.15, 0.2) is 18.3 Å². The van der Waals surface area contributed by atoms with E-state index in [4.69, 9.17) is 0 Å². The summed E-state index contributed by atoms with van der Waals surface area (Å²) in [6, 6.07) is 3.12. The van der Waals surface area contributed by atoms with Gasteiger partial charge in [-0.1, -0.05) is 26.2 Å². The zero-order chi connectivity index (χ0) is 14.6. The molecule has 1 unspecified atom stereocenters. The predicted octanol–water partition coefficient (Wildman–Crippen LogP) is 4.47. The van der Waals surface area contributed by atoms with Gasteiger partial charge in [0.15, 0.2) is 0 Å². The van der Waals surface area contributed by atoms with Crippen LogP contribution in [0.4, 0.5) is 13.2 Å². The Bertz CT molecular complexity index is 408. The lowest BCUT2D eigenvalue weighted by Gasteiger charge is -2.27. The quantitative estimate of drug-likeness (QED) is 0.883. The molecule has 5 heteroatoms. The highest BCUT2D eigenvalue weighted by atomic mass is 19.4. The molecule has 1 fully saturated rings. The highest BCUT2D eigenvalue weighted by Gasteiger charge is 2.31. The predicted molar refractivity (Wildman–Crippen MR) is 72.3 cm³/mol. The van der Waals surface area contributed by atoms with Gasteiger partial charge in [0.1, 0.15) is 0 Å². The molecule has 2 rings (SSSR count). The second-order valence-corrected chi connectivity index (χ2v) is 5.43. The fourth-order valence-corrected chi connectivity index (χ4v) is 2.75. The normalized spacial score (nSPS) is 19.0. The molecule has 0 saturated heterocycles. The van der Waals surface area contributed by atoms with Crippen LogP contribution in [0.5, 0.6) is 0 Å². The fourth-order valence-electron chi connectivity index (χ4n) is 2.75. The Morgan fingerprint density at radius 3 is 2.45 bits per heavy atom. The molecular formula is C15H21F3N2. The minimum Gasteiger partial charge on any atom is -0.306 e. The summed E-state index contributed by atoms with van der Waals surface area (Å²) in [4.78, 5) is 4.00. The average molecular weight is 286 g/mol. The maximum absolute atomic E-state index is 12.5. The van der Waals surface area contributed by atoms with Gasteiger partial charge in [-0.05, 0) is 31.4 Å². The zero-order valence-electron chi connectivity index (χ0n) is 11.7. The van der Waals surface area contributed by atoms with Crippen molar-refractivity contribution in [3.8, 4) is 0 Å². The van der Waals surface area contributed by atoms with E-state index >= 15 is 0 Å². The molecule has 1 N–H and O–H groups in total. The maximum atomic E-state index is 12.5. The van der Waals surface area contributed by atoms with Crippen molar-refractivity contribution in [1.29, 1.82) is 0 Å². The van der Waals surface area contributed by atoms with Gasteiger partial charge in [0.05, 0.1) is 11.3 Å². The van der Waals surface area contributed by atoms with Crippen molar-refractivity contribution in [2.75, 3.05) is 0 Å². The molecule has 1 aromatic heterocycles. The first-order valence-electron chi connectivity index (χ1n) is 7.30. The number of nitrogens with one attached hydrogen (secondary N) is 1. The summed E-state index contributed by atoms with van der Waals surface area (Å²) in [6.07, 6.45) is 3.49. The fraction of sp³-hybridized carbons (Fsp3) is 0.667. The molecule has 1 atom stereocenters. The topological polar surface area (TPSA) is 24.9 Å². The number of pyridine rings is 1. The smallest absolute Gasteiger partial charge is 0.306 e. The molecule has 112 valence electrons. The van der Waals surface area contributed by atoms with Crippen molar-refractivity contribution in [3.63, 3.8) is 0 Å². The lowest BCUT2D eigenvalue weighted by atomic mass is 9.94. The van der Waals surface area contributed by atoms with Crippen LogP contribution in [0.25, 0.3) is 0 Å². The standard InChI is InChI=1S/C15H21F3N2/c1-2-13(20-12-6-4-3-5-7-12)14-9-8-11(10-19-14)15(16,17)18/h8-10,12-13,20H,2-7H2,1H3. The van der Waals surface area contributed by atoms with Gasteiger partial charge >= 0.3 is 6.18 Å². The summed E-state index contributed by atoms with van der Waals surface area (Å²) in [5.74, 6) is 0. The molecule has 1 saturated carbocycles. The van der Waals surface area contributed by atoms with Crippen LogP contribution >= 0.6 is 0 Å². The van der Waals surface area contributed by atoms with Crippen LogP contribution in [0.2, 0.25) is 0 Å². The van der Waals surface area contributed by atoms with E-state index in [1.54, 1.807) is 0 Å². The average Bonchev–Trinajstić information content (AvgIpc) is 2.45. The number of rotatable bonds is 4. The van der Waals surface area contributed by atoms with Crippen LogP contribution in [-0.4, -0.2) is 11.0 Å². The summed E-state index contributed by atoms with van der Waals surface area (Å²) in [5, 5.41) is 3.54. The monoisotopic (exact) mass is 286 g/mol. The molecule has 20 heavy (non-hydrogen) atoms. The van der Waals surface area contributed by atoms with Gasteiger partial charge in [0.2, 0.25) is 0 Å². The second-order valence-electron chi connectivity index (χ2n) is 5.43. The number of nitrogens with zero attached hydrogens (tertiary/aromatic N) is 1. The summed E-state index contributed by atoms with van der Waals surface area (Å²) >= 11 is 0. The molecule has 2 nitrogen and oxygen atoms in total. The first-order valence-corrected chi connectivity index (χ1v) is 7.30. The van der Waals surface area contributed by atoms with Gasteiger partial charge in [-0.15, -0.1) is 0 Å². The van der Waals surface area contributed by atoms with Crippen molar-refractivity contribution in [2.24, 2.45) is 0 Å². The maximum Gasteiger partial charge on any atom is 0.417 e. The van der Waals surface area contributed by atoms with Crippen molar-refractivity contribution in [1.82, 2.24) is 10.3 Å². The summed E-state index contributed by atoms with van der Waals surface area (Å²) in [6.45, 7) is 2.03. The van der Waals surface area contributed by atoms with Gasteiger partial charge in [0, 0.05) is 18.3 Å². The molecule has 0 radical (unpaired) electrons. The summed E-state index contributed by atoms with van der Waals surface area (Å²) in [7, 11) is 0. The molecule has 1 aromatic rings. The van der Waals surface area contributed by atoms with E-state index in [9.17, 15) is 13.2 Å². The van der Waals surface area contributed by atoms with Gasteiger partial charge in [-0.3, -0.25) is 4.98 Å². The van der Waals surface area contributed by atoms with Crippen LogP contribution in [0.1, 0.15) is 62.7 Å². The van der Waals surface area contributed by atoms with E-state index < -0.39 is 11.7 Å². The highest BCUT2D eigenvalue weighted by molar-refractivity contribution is 5.19. The van der Waals surface area contributed by atoms with Crippen LogP contribution in [-0.2, 0) is 6.18 Å². The van der Waals surface area contributed by atoms with Crippen LogP contribution < -0.4 is 5.32 Å². The zero-order valence-corrected chi connectivity index (χ0v) is 11.7. The van der Waals surface area contributed by atoms with E-state index in [1.807, 2.05) is 6.92 Å². The number of hydrogen-bond donors (Lipinski definition) is 1. The Morgan fingerprint density at radius 2 is 1.95 bits per heavy atom. The Morgan fingerprint density at radius 1 is 1.25 bits per heavy atom. The first kappa shape index (κ1) is 15.3. The SMILES string of the molecule is CCC(NC1CCCCC1)c1ccc(C(F)(F)F)cn1. The first-order chi connectivity index (χ1) is 9.50. The molecule has 0 aromatic carbocycles. The lowest BCUT2D eigenvalue weighted by molar-refractivity contribution is -0.137. The second kappa shape index (κ2) is 6.57. The van der Waals surface area contributed by atoms with Crippen LogP contribution in [0, 0.1) is 0 Å². The highest BCUT2D eigenvalue weighted by Crippen LogP contribution is 2.29. The summed E-state index contributed by atoms with van der Waals surface area (Å²) < 4.78 is 37.6. The Hall–Kier alpha value is -1.10. The number of halogens is 3. The Balaban J connectivity index is 2.03. The Labute approximate surface area is 117 Å². The van der Waals surface area contributed by atoms with E-state index in [1.165, 1.54) is 25.3 Å². The van der Waals surface area contributed by atoms with Crippen molar-refractivity contribution in [3.05, 3.63) is 29.6 Å². The number of alkyl halides is 3. The summed E-state index contributed by atoms with van der Waals surface area (Å²) in [5.41, 5.74) is 0.0137. The molecule has 1 heterocycles. The molecule has 0 spiro atoms.